The van der Waals surface area contributed by atoms with E-state index >= 15 is 0 Å². The van der Waals surface area contributed by atoms with Crippen LogP contribution in [0.1, 0.15) is 26.2 Å². The first-order chi connectivity index (χ1) is 8.86. The van der Waals surface area contributed by atoms with Gasteiger partial charge in [-0.25, -0.2) is 4.79 Å². The zero-order chi connectivity index (χ0) is 14.6. The van der Waals surface area contributed by atoms with Gasteiger partial charge in [0, 0.05) is 31.2 Å². The Kier molecular flexibility index (Phi) is 5.56. The summed E-state index contributed by atoms with van der Waals surface area (Å²) < 4.78 is 0. The molecule has 1 saturated carbocycles. The van der Waals surface area contributed by atoms with Crippen molar-refractivity contribution in [3.05, 3.63) is 0 Å². The number of hydrogen-bond donors (Lipinski definition) is 3. The molecule has 7 heteroatoms. The molecule has 0 aromatic heterocycles. The number of nitrogens with one attached hydrogen (secondary N) is 1. The third-order valence-electron chi connectivity index (χ3n) is 3.24. The van der Waals surface area contributed by atoms with Crippen LogP contribution in [-0.2, 0) is 14.4 Å². The largest absolute Gasteiger partial charge is 0.480 e. The summed E-state index contributed by atoms with van der Waals surface area (Å²) in [5, 5.41) is 20.5. The van der Waals surface area contributed by atoms with Crippen molar-refractivity contribution in [2.45, 2.75) is 32.2 Å². The molecule has 1 fully saturated rings. The molecular formula is C12H17NO5S. The number of carboxylic acid groups (broad SMARTS) is 1. The van der Waals surface area contributed by atoms with Crippen molar-refractivity contribution in [3.63, 3.8) is 0 Å². The van der Waals surface area contributed by atoms with Crippen molar-refractivity contribution < 1.29 is 24.6 Å². The predicted molar refractivity (Wildman–Crippen MR) is 70.8 cm³/mol. The van der Waals surface area contributed by atoms with Gasteiger partial charge in [0.2, 0.25) is 5.91 Å². The van der Waals surface area contributed by atoms with Crippen molar-refractivity contribution in [3.8, 4) is 0 Å². The second-order valence-corrected chi connectivity index (χ2v) is 5.21. The van der Waals surface area contributed by atoms with Gasteiger partial charge >= 0.3 is 5.97 Å². The lowest BCUT2D eigenvalue weighted by molar-refractivity contribution is -0.141. The van der Waals surface area contributed by atoms with Gasteiger partial charge in [-0.2, -0.15) is 0 Å². The predicted octanol–water partition coefficient (Wildman–Crippen LogP) is -0.0767. The molecule has 3 unspecified atom stereocenters. The molecule has 106 valence electrons. The van der Waals surface area contributed by atoms with E-state index in [0.29, 0.717) is 17.7 Å². The Morgan fingerprint density at radius 1 is 1.53 bits per heavy atom. The van der Waals surface area contributed by atoms with Crippen molar-refractivity contribution in [1.82, 2.24) is 5.32 Å². The first-order valence-electron chi connectivity index (χ1n) is 6.03. The van der Waals surface area contributed by atoms with E-state index in [4.69, 9.17) is 17.3 Å². The average Bonchev–Trinajstić information content (AvgIpc) is 2.68. The maximum absolute atomic E-state index is 11.7. The zero-order valence-electron chi connectivity index (χ0n) is 10.6. The highest BCUT2D eigenvalue weighted by Gasteiger charge is 2.38. The number of aliphatic hydroxyl groups excluding tert-OH is 1. The van der Waals surface area contributed by atoms with Crippen LogP contribution in [0.2, 0.25) is 0 Å². The van der Waals surface area contributed by atoms with Crippen molar-refractivity contribution in [2.75, 3.05) is 6.61 Å². The van der Waals surface area contributed by atoms with Crippen LogP contribution in [0, 0.1) is 11.8 Å². The highest BCUT2D eigenvalue weighted by Crippen LogP contribution is 2.31. The van der Waals surface area contributed by atoms with Gasteiger partial charge in [0.05, 0.1) is 5.92 Å². The summed E-state index contributed by atoms with van der Waals surface area (Å²) in [7, 11) is 0. The number of amides is 1. The van der Waals surface area contributed by atoms with E-state index in [-0.39, 0.29) is 24.7 Å². The summed E-state index contributed by atoms with van der Waals surface area (Å²) in [6.45, 7) is 1.07. The van der Waals surface area contributed by atoms with E-state index in [9.17, 15) is 19.5 Å². The summed E-state index contributed by atoms with van der Waals surface area (Å²) in [6.07, 6.45) is 0.850. The van der Waals surface area contributed by atoms with Crippen LogP contribution in [0.5, 0.6) is 0 Å². The van der Waals surface area contributed by atoms with E-state index in [1.807, 2.05) is 0 Å². The van der Waals surface area contributed by atoms with Crippen LogP contribution in [-0.4, -0.2) is 45.4 Å². The molecule has 1 aliphatic carbocycles. The van der Waals surface area contributed by atoms with Crippen LogP contribution in [0.3, 0.4) is 0 Å². The average molecular weight is 287 g/mol. The number of carboxylic acids is 1. The molecule has 0 aromatic carbocycles. The normalized spacial score (nSPS) is 24.0. The molecule has 0 heterocycles. The molecule has 0 spiro atoms. The van der Waals surface area contributed by atoms with Gasteiger partial charge in [0.1, 0.15) is 11.8 Å². The quantitative estimate of drug-likeness (QED) is 0.591. The number of carbonyl (C=O) groups is 3. The molecule has 0 aromatic rings. The highest BCUT2D eigenvalue weighted by atomic mass is 32.1. The Bertz CT molecular complexity index is 409. The second kappa shape index (κ2) is 6.72. The Morgan fingerprint density at radius 2 is 2.16 bits per heavy atom. The molecule has 6 nitrogen and oxygen atoms in total. The molecule has 3 N–H and O–H groups in total. The summed E-state index contributed by atoms with van der Waals surface area (Å²) in [5.74, 6) is -2.52. The summed E-state index contributed by atoms with van der Waals surface area (Å²) in [5.41, 5.74) is 0. The van der Waals surface area contributed by atoms with Crippen LogP contribution in [0.25, 0.3) is 0 Å². The number of rotatable bonds is 6. The van der Waals surface area contributed by atoms with Gasteiger partial charge in [0.15, 0.2) is 0 Å². The number of carbonyl (C=O) groups excluding carboxylic acids is 2. The van der Waals surface area contributed by atoms with Gasteiger partial charge in [-0.15, -0.1) is 0 Å². The number of aliphatic carboxylic acids is 1. The maximum atomic E-state index is 11.7. The van der Waals surface area contributed by atoms with E-state index in [1.165, 1.54) is 6.92 Å². The summed E-state index contributed by atoms with van der Waals surface area (Å²) in [4.78, 5) is 34.0. The molecule has 1 amide bonds. The molecule has 19 heavy (non-hydrogen) atoms. The van der Waals surface area contributed by atoms with Gasteiger partial charge in [0.25, 0.3) is 0 Å². The Labute approximate surface area is 116 Å². The minimum Gasteiger partial charge on any atom is -0.480 e. The maximum Gasteiger partial charge on any atom is 0.326 e. The third kappa shape index (κ3) is 4.07. The highest BCUT2D eigenvalue weighted by molar-refractivity contribution is 7.80. The molecule has 1 rings (SSSR count). The molecule has 0 aliphatic heterocycles. The van der Waals surface area contributed by atoms with E-state index < -0.39 is 23.8 Å². The minimum atomic E-state index is -1.19. The lowest BCUT2D eigenvalue weighted by Crippen LogP contribution is -2.42. The molecule has 0 bridgehead atoms. The second-order valence-electron chi connectivity index (χ2n) is 4.69. The zero-order valence-corrected chi connectivity index (χ0v) is 11.4. The van der Waals surface area contributed by atoms with Gasteiger partial charge in [-0.1, -0.05) is 12.2 Å². The first kappa shape index (κ1) is 15.7. The Morgan fingerprint density at radius 3 is 2.63 bits per heavy atom. The van der Waals surface area contributed by atoms with E-state index in [1.54, 1.807) is 0 Å². The monoisotopic (exact) mass is 287 g/mol. The topological polar surface area (TPSA) is 104 Å². The summed E-state index contributed by atoms with van der Waals surface area (Å²) in [6, 6.07) is -1.13. The Hall–Kier alpha value is -1.34. The van der Waals surface area contributed by atoms with Crippen LogP contribution >= 0.6 is 12.2 Å². The number of hydrogen-bond acceptors (Lipinski definition) is 5. The SMILES string of the molecule is CC(=O)NC(CC(=S)C1C(=O)CCC1CO)C(=O)O. The fraction of sp³-hybridized carbons (Fsp3) is 0.667. The molecule has 0 radical (unpaired) electrons. The fourth-order valence-corrected chi connectivity index (χ4v) is 2.82. The van der Waals surface area contributed by atoms with Crippen molar-refractivity contribution >= 4 is 34.7 Å². The van der Waals surface area contributed by atoms with Crippen LogP contribution in [0.15, 0.2) is 0 Å². The fourth-order valence-electron chi connectivity index (χ4n) is 2.33. The smallest absolute Gasteiger partial charge is 0.326 e. The number of aliphatic hydroxyl groups is 1. The summed E-state index contributed by atoms with van der Waals surface area (Å²) >= 11 is 5.14. The molecular weight excluding hydrogens is 270 g/mol. The standard InChI is InChI=1S/C12H17NO5S/c1-6(15)13-8(12(17)18)4-10(19)11-7(5-14)2-3-9(11)16/h7-8,11,14H,2-5H2,1H3,(H,13,15)(H,17,18). The molecule has 0 saturated heterocycles. The van der Waals surface area contributed by atoms with Gasteiger partial charge in [-0.05, 0) is 12.3 Å². The van der Waals surface area contributed by atoms with Gasteiger partial charge < -0.3 is 15.5 Å². The lowest BCUT2D eigenvalue weighted by atomic mass is 9.89. The van der Waals surface area contributed by atoms with Crippen molar-refractivity contribution in [2.24, 2.45) is 11.8 Å². The van der Waals surface area contributed by atoms with Gasteiger partial charge in [-0.3, -0.25) is 9.59 Å². The molecule has 1 aliphatic rings. The lowest BCUT2D eigenvalue weighted by Gasteiger charge is -2.20. The first-order valence-corrected chi connectivity index (χ1v) is 6.43. The Balaban J connectivity index is 2.73. The molecule has 3 atom stereocenters. The number of ketones is 1. The number of thiocarbonyl (C=S) groups is 1. The van der Waals surface area contributed by atoms with Crippen LogP contribution < -0.4 is 5.32 Å². The number of Topliss-reactive ketones (excluding diaryl/α,β-unsaturated/α-hetero) is 1. The minimum absolute atomic E-state index is 0.0592. The van der Waals surface area contributed by atoms with E-state index in [2.05, 4.69) is 5.32 Å². The van der Waals surface area contributed by atoms with Crippen LogP contribution in [0.4, 0.5) is 0 Å². The van der Waals surface area contributed by atoms with Crippen molar-refractivity contribution in [1.29, 1.82) is 0 Å². The van der Waals surface area contributed by atoms with E-state index in [0.717, 1.165) is 0 Å². The third-order valence-corrected chi connectivity index (χ3v) is 3.66.